The molecule has 136 valence electrons. The molecule has 6 heteroatoms. The van der Waals surface area contributed by atoms with Crippen molar-refractivity contribution in [3.63, 3.8) is 0 Å². The van der Waals surface area contributed by atoms with Gasteiger partial charge in [-0.1, -0.05) is 30.3 Å². The highest BCUT2D eigenvalue weighted by Gasteiger charge is 2.35. The molecule has 0 saturated carbocycles. The number of carbonyl (C=O) groups excluding carboxylic acids is 1. The molecule has 1 aliphatic rings. The highest BCUT2D eigenvalue weighted by Crippen LogP contribution is 2.35. The lowest BCUT2D eigenvalue weighted by Crippen LogP contribution is -2.31. The van der Waals surface area contributed by atoms with Crippen molar-refractivity contribution in [3.05, 3.63) is 84.3 Å². The summed E-state index contributed by atoms with van der Waals surface area (Å²) in [5.41, 5.74) is 2.35. The SMILES string of the molecule is COc1ccccc1C1=NN(C(=O)Nc2ccccc2)[C@H](c2ccco2)C1. The van der Waals surface area contributed by atoms with Gasteiger partial charge in [0.15, 0.2) is 0 Å². The van der Waals surface area contributed by atoms with Gasteiger partial charge in [0.05, 0.1) is 19.1 Å². The molecule has 2 aromatic carbocycles. The number of amides is 2. The summed E-state index contributed by atoms with van der Waals surface area (Å²) in [5.74, 6) is 1.41. The quantitative estimate of drug-likeness (QED) is 0.734. The summed E-state index contributed by atoms with van der Waals surface area (Å²) in [5, 5.41) is 8.92. The van der Waals surface area contributed by atoms with E-state index in [9.17, 15) is 4.79 Å². The molecule has 27 heavy (non-hydrogen) atoms. The Morgan fingerprint density at radius 3 is 2.63 bits per heavy atom. The highest BCUT2D eigenvalue weighted by atomic mass is 16.5. The van der Waals surface area contributed by atoms with Crippen LogP contribution >= 0.6 is 0 Å². The molecular weight excluding hydrogens is 342 g/mol. The number of furan rings is 1. The minimum atomic E-state index is -0.316. The number of urea groups is 1. The van der Waals surface area contributed by atoms with Crippen LogP contribution < -0.4 is 10.1 Å². The molecule has 1 aromatic heterocycles. The molecule has 0 radical (unpaired) electrons. The van der Waals surface area contributed by atoms with E-state index in [4.69, 9.17) is 9.15 Å². The molecule has 6 nitrogen and oxygen atoms in total. The Kier molecular flexibility index (Phi) is 4.61. The summed E-state index contributed by atoms with van der Waals surface area (Å²) in [6.07, 6.45) is 2.14. The van der Waals surface area contributed by atoms with E-state index in [1.165, 1.54) is 5.01 Å². The van der Waals surface area contributed by atoms with E-state index in [1.807, 2.05) is 66.7 Å². The van der Waals surface area contributed by atoms with Crippen LogP contribution in [0.1, 0.15) is 23.8 Å². The molecule has 2 amide bonds. The van der Waals surface area contributed by atoms with E-state index in [0.29, 0.717) is 17.9 Å². The minimum Gasteiger partial charge on any atom is -0.496 e. The van der Waals surface area contributed by atoms with Crippen LogP contribution in [0.15, 0.2) is 82.5 Å². The number of nitrogens with one attached hydrogen (secondary N) is 1. The van der Waals surface area contributed by atoms with Crippen molar-refractivity contribution < 1.29 is 13.9 Å². The van der Waals surface area contributed by atoms with Crippen LogP contribution in [0.25, 0.3) is 0 Å². The van der Waals surface area contributed by atoms with Crippen LogP contribution in [-0.4, -0.2) is 23.9 Å². The first kappa shape index (κ1) is 16.9. The van der Waals surface area contributed by atoms with Gasteiger partial charge < -0.3 is 14.5 Å². The van der Waals surface area contributed by atoms with Gasteiger partial charge in [0.25, 0.3) is 0 Å². The van der Waals surface area contributed by atoms with Gasteiger partial charge in [0, 0.05) is 17.7 Å². The summed E-state index contributed by atoms with van der Waals surface area (Å²) in [4.78, 5) is 12.9. The largest absolute Gasteiger partial charge is 0.496 e. The van der Waals surface area contributed by atoms with Crippen LogP contribution in [0.4, 0.5) is 10.5 Å². The first-order chi connectivity index (χ1) is 13.3. The molecule has 0 saturated heterocycles. The Balaban J connectivity index is 1.66. The number of ether oxygens (including phenoxy) is 1. The molecule has 4 rings (SSSR count). The Bertz CT molecular complexity index is 952. The lowest BCUT2D eigenvalue weighted by atomic mass is 10.0. The van der Waals surface area contributed by atoms with Gasteiger partial charge in [-0.05, 0) is 36.4 Å². The number of methoxy groups -OCH3 is 1. The second-order valence-corrected chi connectivity index (χ2v) is 6.12. The fourth-order valence-electron chi connectivity index (χ4n) is 3.15. The lowest BCUT2D eigenvalue weighted by Gasteiger charge is -2.20. The average Bonchev–Trinajstić information content (AvgIpc) is 3.38. The average molecular weight is 361 g/mol. The molecule has 2 heterocycles. The van der Waals surface area contributed by atoms with Crippen molar-refractivity contribution in [1.82, 2.24) is 5.01 Å². The molecule has 0 unspecified atom stereocenters. The number of carbonyl (C=O) groups is 1. The van der Waals surface area contributed by atoms with E-state index in [2.05, 4.69) is 10.4 Å². The van der Waals surface area contributed by atoms with Crippen LogP contribution in [0.2, 0.25) is 0 Å². The molecule has 1 aliphatic heterocycles. The van der Waals surface area contributed by atoms with E-state index < -0.39 is 0 Å². The van der Waals surface area contributed by atoms with Crippen LogP contribution in [0.5, 0.6) is 5.75 Å². The number of anilines is 1. The summed E-state index contributed by atoms with van der Waals surface area (Å²) >= 11 is 0. The molecular formula is C21H19N3O3. The monoisotopic (exact) mass is 361 g/mol. The van der Waals surface area contributed by atoms with Crippen molar-refractivity contribution in [2.45, 2.75) is 12.5 Å². The van der Waals surface area contributed by atoms with Gasteiger partial charge in [0.1, 0.15) is 17.6 Å². The minimum absolute atomic E-state index is 0.313. The number of rotatable bonds is 4. The second kappa shape index (κ2) is 7.37. The van der Waals surface area contributed by atoms with Gasteiger partial charge in [-0.3, -0.25) is 0 Å². The number of para-hydroxylation sites is 2. The summed E-state index contributed by atoms with van der Waals surface area (Å²) in [7, 11) is 1.62. The first-order valence-electron chi connectivity index (χ1n) is 8.66. The predicted octanol–water partition coefficient (Wildman–Crippen LogP) is 4.67. The van der Waals surface area contributed by atoms with Crippen LogP contribution in [0, 0.1) is 0 Å². The van der Waals surface area contributed by atoms with Crippen molar-refractivity contribution in [2.24, 2.45) is 5.10 Å². The summed E-state index contributed by atoms with van der Waals surface area (Å²) < 4.78 is 11.0. The van der Waals surface area contributed by atoms with Gasteiger partial charge >= 0.3 is 6.03 Å². The third-order valence-electron chi connectivity index (χ3n) is 4.43. The van der Waals surface area contributed by atoms with Crippen molar-refractivity contribution in [2.75, 3.05) is 12.4 Å². The van der Waals surface area contributed by atoms with Crippen LogP contribution in [0.3, 0.4) is 0 Å². The molecule has 3 aromatic rings. The van der Waals surface area contributed by atoms with Gasteiger partial charge in [-0.2, -0.15) is 5.10 Å². The number of benzene rings is 2. The number of hydrazone groups is 1. The molecule has 0 aliphatic carbocycles. The topological polar surface area (TPSA) is 67.1 Å². The summed E-state index contributed by atoms with van der Waals surface area (Å²) in [6.45, 7) is 0. The van der Waals surface area contributed by atoms with Gasteiger partial charge in [-0.15, -0.1) is 0 Å². The smallest absolute Gasteiger partial charge is 0.342 e. The molecule has 0 bridgehead atoms. The van der Waals surface area contributed by atoms with E-state index in [0.717, 1.165) is 17.0 Å². The van der Waals surface area contributed by atoms with Gasteiger partial charge in [-0.25, -0.2) is 9.80 Å². The van der Waals surface area contributed by atoms with E-state index in [1.54, 1.807) is 13.4 Å². The standard InChI is InChI=1S/C21H19N3O3/c1-26-19-11-6-5-10-16(19)17-14-18(20-12-7-13-27-20)24(23-17)21(25)22-15-8-3-2-4-9-15/h2-13,18H,14H2,1H3,(H,22,25)/t18-/m0/s1. The predicted molar refractivity (Wildman–Crippen MR) is 103 cm³/mol. The number of hydrogen-bond donors (Lipinski definition) is 1. The third kappa shape index (κ3) is 3.42. The Morgan fingerprint density at radius 2 is 1.89 bits per heavy atom. The van der Waals surface area contributed by atoms with Crippen LogP contribution in [-0.2, 0) is 0 Å². The maximum Gasteiger partial charge on any atom is 0.342 e. The fourth-order valence-corrected chi connectivity index (χ4v) is 3.15. The maximum absolute atomic E-state index is 12.9. The Hall–Kier alpha value is -3.54. The zero-order valence-electron chi connectivity index (χ0n) is 14.8. The first-order valence-corrected chi connectivity index (χ1v) is 8.66. The number of hydrogen-bond acceptors (Lipinski definition) is 4. The molecule has 1 N–H and O–H groups in total. The molecule has 1 atom stereocenters. The fraction of sp³-hybridized carbons (Fsp3) is 0.143. The second-order valence-electron chi connectivity index (χ2n) is 6.12. The van der Waals surface area contributed by atoms with E-state index >= 15 is 0 Å². The van der Waals surface area contributed by atoms with Crippen molar-refractivity contribution in [3.8, 4) is 5.75 Å². The molecule has 0 spiro atoms. The lowest BCUT2D eigenvalue weighted by molar-refractivity contribution is 0.192. The highest BCUT2D eigenvalue weighted by molar-refractivity contribution is 6.05. The maximum atomic E-state index is 12.9. The van der Waals surface area contributed by atoms with Crippen molar-refractivity contribution >= 4 is 17.4 Å². The van der Waals surface area contributed by atoms with Gasteiger partial charge in [0.2, 0.25) is 0 Å². The summed E-state index contributed by atoms with van der Waals surface area (Å²) in [6, 6.07) is 20.0. The Morgan fingerprint density at radius 1 is 1.11 bits per heavy atom. The Labute approximate surface area is 157 Å². The zero-order chi connectivity index (χ0) is 18.6. The number of nitrogens with zero attached hydrogens (tertiary/aromatic N) is 2. The molecule has 0 fully saturated rings. The van der Waals surface area contributed by atoms with E-state index in [-0.39, 0.29) is 12.1 Å². The zero-order valence-corrected chi connectivity index (χ0v) is 14.8. The third-order valence-corrected chi connectivity index (χ3v) is 4.43. The van der Waals surface area contributed by atoms with Crippen molar-refractivity contribution in [1.29, 1.82) is 0 Å². The normalized spacial score (nSPS) is 16.1.